The summed E-state index contributed by atoms with van der Waals surface area (Å²) in [6.07, 6.45) is 7.39. The molecule has 2 aliphatic heterocycles. The van der Waals surface area contributed by atoms with Gasteiger partial charge in [-0.15, -0.1) is 12.4 Å². The number of hydrogen-bond donors (Lipinski definition) is 1. The van der Waals surface area contributed by atoms with E-state index in [2.05, 4.69) is 10.2 Å². The summed E-state index contributed by atoms with van der Waals surface area (Å²) < 4.78 is 0. The van der Waals surface area contributed by atoms with Crippen LogP contribution in [0.3, 0.4) is 0 Å². The lowest BCUT2D eigenvalue weighted by molar-refractivity contribution is 0.148. The minimum atomic E-state index is 0. The predicted molar refractivity (Wildman–Crippen MR) is 70.1 cm³/mol. The third-order valence-corrected chi connectivity index (χ3v) is 4.61. The zero-order valence-corrected chi connectivity index (χ0v) is 11.0. The van der Waals surface area contributed by atoms with Crippen molar-refractivity contribution in [3.63, 3.8) is 0 Å². The number of halogens is 1. The molecular weight excluding hydrogens is 220 g/mol. The van der Waals surface area contributed by atoms with Gasteiger partial charge in [-0.25, -0.2) is 0 Å². The maximum Gasteiger partial charge on any atom is 0.000966 e. The lowest BCUT2D eigenvalue weighted by Gasteiger charge is -2.34. The molecule has 0 spiro atoms. The quantitative estimate of drug-likeness (QED) is 0.819. The number of nitrogens with one attached hydrogen (secondary N) is 1. The monoisotopic (exact) mass is 244 g/mol. The van der Waals surface area contributed by atoms with E-state index >= 15 is 0 Å². The molecule has 3 heteroatoms. The van der Waals surface area contributed by atoms with Gasteiger partial charge >= 0.3 is 0 Å². The van der Waals surface area contributed by atoms with E-state index in [1.807, 2.05) is 0 Å². The summed E-state index contributed by atoms with van der Waals surface area (Å²) in [7, 11) is 0. The minimum Gasteiger partial charge on any atom is -0.316 e. The summed E-state index contributed by atoms with van der Waals surface area (Å²) in [5.74, 6) is 3.12. The first kappa shape index (κ1) is 12.7. The first-order chi connectivity index (χ1) is 7.42. The largest absolute Gasteiger partial charge is 0.316 e. The highest BCUT2D eigenvalue weighted by Gasteiger charge is 2.30. The highest BCUT2D eigenvalue weighted by molar-refractivity contribution is 5.85. The topological polar surface area (TPSA) is 15.3 Å². The number of likely N-dealkylation sites (tertiary alicyclic amines) is 1. The van der Waals surface area contributed by atoms with Crippen LogP contribution in [0.1, 0.15) is 32.1 Å². The summed E-state index contributed by atoms with van der Waals surface area (Å²) >= 11 is 0. The Hall–Kier alpha value is 0.210. The molecule has 1 saturated carbocycles. The van der Waals surface area contributed by atoms with Gasteiger partial charge in [0.25, 0.3) is 0 Å². The second kappa shape index (κ2) is 5.70. The van der Waals surface area contributed by atoms with E-state index in [1.54, 1.807) is 0 Å². The van der Waals surface area contributed by atoms with E-state index in [4.69, 9.17) is 0 Å². The molecule has 1 N–H and O–H groups in total. The molecule has 3 fully saturated rings. The number of hydrogen-bond acceptors (Lipinski definition) is 2. The zero-order chi connectivity index (χ0) is 10.1. The summed E-state index contributed by atoms with van der Waals surface area (Å²) in [6.45, 7) is 6.76. The lowest BCUT2D eigenvalue weighted by atomic mass is 9.84. The van der Waals surface area contributed by atoms with Crippen LogP contribution in [0.25, 0.3) is 0 Å². The van der Waals surface area contributed by atoms with Crippen molar-refractivity contribution in [3.8, 4) is 0 Å². The lowest BCUT2D eigenvalue weighted by Crippen LogP contribution is -2.37. The molecule has 2 saturated heterocycles. The Kier molecular flexibility index (Phi) is 4.51. The molecule has 1 unspecified atom stereocenters. The molecule has 16 heavy (non-hydrogen) atoms. The maximum atomic E-state index is 3.51. The van der Waals surface area contributed by atoms with Gasteiger partial charge in [-0.3, -0.25) is 0 Å². The Morgan fingerprint density at radius 2 is 1.69 bits per heavy atom. The standard InChI is InChI=1S/C13H24N2.ClH/c1-2-11(1)10-15-7-4-12(5-8-15)13-3-6-14-9-13;/h11-14H,1-10H2;1H. The van der Waals surface area contributed by atoms with Crippen LogP contribution in [0.2, 0.25) is 0 Å². The molecular formula is C13H25ClN2. The van der Waals surface area contributed by atoms with E-state index in [0.717, 1.165) is 17.8 Å². The van der Waals surface area contributed by atoms with Crippen molar-refractivity contribution in [2.75, 3.05) is 32.7 Å². The molecule has 1 aliphatic carbocycles. The predicted octanol–water partition coefficient (Wildman–Crippen LogP) is 2.14. The highest BCUT2D eigenvalue weighted by Crippen LogP contribution is 2.33. The summed E-state index contributed by atoms with van der Waals surface area (Å²) in [5.41, 5.74) is 0. The minimum absolute atomic E-state index is 0. The molecule has 3 rings (SSSR count). The van der Waals surface area contributed by atoms with Crippen LogP contribution < -0.4 is 5.32 Å². The van der Waals surface area contributed by atoms with Crippen molar-refractivity contribution < 1.29 is 0 Å². The van der Waals surface area contributed by atoms with Gasteiger partial charge in [-0.2, -0.15) is 0 Å². The van der Waals surface area contributed by atoms with Crippen LogP contribution in [0, 0.1) is 17.8 Å². The van der Waals surface area contributed by atoms with Crippen molar-refractivity contribution in [3.05, 3.63) is 0 Å². The first-order valence-corrected chi connectivity index (χ1v) is 6.85. The van der Waals surface area contributed by atoms with Gasteiger partial charge in [-0.05, 0) is 76.0 Å². The van der Waals surface area contributed by atoms with Gasteiger partial charge in [0.2, 0.25) is 0 Å². The smallest absolute Gasteiger partial charge is 0.000966 e. The van der Waals surface area contributed by atoms with Gasteiger partial charge in [-0.1, -0.05) is 0 Å². The molecule has 94 valence electrons. The Morgan fingerprint density at radius 1 is 0.938 bits per heavy atom. The molecule has 2 nitrogen and oxygen atoms in total. The highest BCUT2D eigenvalue weighted by atomic mass is 35.5. The van der Waals surface area contributed by atoms with Gasteiger partial charge in [0.15, 0.2) is 0 Å². The van der Waals surface area contributed by atoms with Crippen molar-refractivity contribution in [1.82, 2.24) is 10.2 Å². The van der Waals surface area contributed by atoms with Crippen LogP contribution >= 0.6 is 12.4 Å². The maximum absolute atomic E-state index is 3.51. The van der Waals surface area contributed by atoms with Crippen molar-refractivity contribution in [1.29, 1.82) is 0 Å². The van der Waals surface area contributed by atoms with E-state index in [9.17, 15) is 0 Å². The molecule has 0 radical (unpaired) electrons. The SMILES string of the molecule is C1CC(C2CCN(CC3CC3)CC2)CN1.Cl. The summed E-state index contributed by atoms with van der Waals surface area (Å²) in [5, 5.41) is 3.51. The van der Waals surface area contributed by atoms with Crippen LogP contribution in [0.4, 0.5) is 0 Å². The van der Waals surface area contributed by atoms with E-state index in [-0.39, 0.29) is 12.4 Å². The van der Waals surface area contributed by atoms with Crippen LogP contribution in [0.15, 0.2) is 0 Å². The van der Waals surface area contributed by atoms with E-state index < -0.39 is 0 Å². The molecule has 3 aliphatic rings. The Bertz CT molecular complexity index is 204. The van der Waals surface area contributed by atoms with Crippen molar-refractivity contribution in [2.24, 2.45) is 17.8 Å². The normalized spacial score (nSPS) is 32.6. The van der Waals surface area contributed by atoms with E-state index in [1.165, 1.54) is 64.8 Å². The number of piperidine rings is 1. The zero-order valence-electron chi connectivity index (χ0n) is 10.2. The fourth-order valence-corrected chi connectivity index (χ4v) is 3.35. The Labute approximate surface area is 106 Å². The van der Waals surface area contributed by atoms with Gasteiger partial charge in [0.1, 0.15) is 0 Å². The van der Waals surface area contributed by atoms with Crippen LogP contribution in [-0.4, -0.2) is 37.6 Å². The summed E-state index contributed by atoms with van der Waals surface area (Å²) in [4.78, 5) is 2.72. The fourth-order valence-electron chi connectivity index (χ4n) is 3.35. The van der Waals surface area contributed by atoms with Crippen molar-refractivity contribution in [2.45, 2.75) is 32.1 Å². The van der Waals surface area contributed by atoms with Crippen LogP contribution in [-0.2, 0) is 0 Å². The van der Waals surface area contributed by atoms with Crippen molar-refractivity contribution >= 4 is 12.4 Å². The fraction of sp³-hybridized carbons (Fsp3) is 1.00. The molecule has 2 heterocycles. The second-order valence-electron chi connectivity index (χ2n) is 5.83. The number of rotatable bonds is 3. The van der Waals surface area contributed by atoms with Crippen LogP contribution in [0.5, 0.6) is 0 Å². The Balaban J connectivity index is 0.000000963. The summed E-state index contributed by atoms with van der Waals surface area (Å²) in [6, 6.07) is 0. The molecule has 0 aromatic heterocycles. The molecule has 0 aromatic carbocycles. The first-order valence-electron chi connectivity index (χ1n) is 6.85. The number of nitrogens with zero attached hydrogens (tertiary/aromatic N) is 1. The third kappa shape index (κ3) is 3.12. The average molecular weight is 245 g/mol. The average Bonchev–Trinajstić information content (AvgIpc) is 2.92. The van der Waals surface area contributed by atoms with E-state index in [0.29, 0.717) is 0 Å². The third-order valence-electron chi connectivity index (χ3n) is 4.61. The Morgan fingerprint density at radius 3 is 2.25 bits per heavy atom. The molecule has 0 amide bonds. The molecule has 0 bridgehead atoms. The van der Waals surface area contributed by atoms with Gasteiger partial charge in [0.05, 0.1) is 0 Å². The molecule has 0 aromatic rings. The molecule has 1 atom stereocenters. The second-order valence-corrected chi connectivity index (χ2v) is 5.83. The van der Waals surface area contributed by atoms with Gasteiger partial charge < -0.3 is 10.2 Å². The van der Waals surface area contributed by atoms with Gasteiger partial charge in [0, 0.05) is 6.54 Å².